The van der Waals surface area contributed by atoms with Crippen LogP contribution in [-0.2, 0) is 23.3 Å². The highest BCUT2D eigenvalue weighted by molar-refractivity contribution is 6.30. The first-order chi connectivity index (χ1) is 11.7. The minimum Gasteiger partial charge on any atom is -0.333 e. The highest BCUT2D eigenvalue weighted by Gasteiger charge is 2.38. The SMILES string of the molecule is CC(C(=O)N1CCn2c(nnc2C(F)(F)Cl)C1)c1ccc(F)c(Cl)c1. The van der Waals surface area contributed by atoms with Gasteiger partial charge in [0.2, 0.25) is 11.7 Å². The zero-order chi connectivity index (χ0) is 18.4. The van der Waals surface area contributed by atoms with E-state index >= 15 is 0 Å². The summed E-state index contributed by atoms with van der Waals surface area (Å²) in [6, 6.07) is 4.09. The minimum atomic E-state index is -3.62. The van der Waals surface area contributed by atoms with E-state index in [0.717, 1.165) is 0 Å². The Hall–Kier alpha value is -1.80. The zero-order valence-electron chi connectivity index (χ0n) is 13.0. The number of amides is 1. The van der Waals surface area contributed by atoms with Crippen molar-refractivity contribution < 1.29 is 18.0 Å². The molecule has 0 aliphatic carbocycles. The van der Waals surface area contributed by atoms with Crippen molar-refractivity contribution in [2.45, 2.75) is 31.3 Å². The van der Waals surface area contributed by atoms with Gasteiger partial charge in [-0.25, -0.2) is 4.39 Å². The summed E-state index contributed by atoms with van der Waals surface area (Å²) in [6.07, 6.45) is 0. The van der Waals surface area contributed by atoms with Crippen molar-refractivity contribution in [3.05, 3.63) is 46.3 Å². The van der Waals surface area contributed by atoms with Crippen LogP contribution < -0.4 is 0 Å². The van der Waals surface area contributed by atoms with Crippen LogP contribution in [0.15, 0.2) is 18.2 Å². The van der Waals surface area contributed by atoms with Crippen LogP contribution in [0.25, 0.3) is 0 Å². The molecule has 2 heterocycles. The van der Waals surface area contributed by atoms with Gasteiger partial charge in [0.15, 0.2) is 5.82 Å². The Kier molecular flexibility index (Phi) is 4.68. The van der Waals surface area contributed by atoms with Crippen LogP contribution in [0.1, 0.15) is 30.1 Å². The number of hydrogen-bond donors (Lipinski definition) is 0. The third kappa shape index (κ3) is 3.46. The Labute approximate surface area is 151 Å². The van der Waals surface area contributed by atoms with Gasteiger partial charge in [-0.3, -0.25) is 4.79 Å². The summed E-state index contributed by atoms with van der Waals surface area (Å²) in [4.78, 5) is 14.2. The van der Waals surface area contributed by atoms with Crippen molar-refractivity contribution in [1.29, 1.82) is 0 Å². The lowest BCUT2D eigenvalue weighted by Crippen LogP contribution is -2.41. The van der Waals surface area contributed by atoms with E-state index in [1.54, 1.807) is 6.92 Å². The van der Waals surface area contributed by atoms with Gasteiger partial charge in [0, 0.05) is 13.1 Å². The first-order valence-corrected chi connectivity index (χ1v) is 8.17. The standard InChI is InChI=1S/C15H13Cl2F3N4O/c1-8(9-2-3-11(18)10(16)6-9)13(25)23-4-5-24-12(7-23)21-22-14(24)15(17,19)20/h2-3,6,8H,4-5,7H2,1H3. The van der Waals surface area contributed by atoms with Gasteiger partial charge >= 0.3 is 5.38 Å². The van der Waals surface area contributed by atoms with Crippen molar-refractivity contribution in [3.8, 4) is 0 Å². The van der Waals surface area contributed by atoms with Crippen molar-refractivity contribution >= 4 is 29.1 Å². The fourth-order valence-corrected chi connectivity index (χ4v) is 3.08. The average Bonchev–Trinajstić information content (AvgIpc) is 2.99. The molecule has 0 saturated carbocycles. The number of benzene rings is 1. The zero-order valence-corrected chi connectivity index (χ0v) is 14.5. The molecule has 1 aliphatic rings. The van der Waals surface area contributed by atoms with E-state index in [-0.39, 0.29) is 36.4 Å². The minimum absolute atomic E-state index is 0.0398. The molecule has 1 amide bonds. The maximum atomic E-state index is 13.3. The summed E-state index contributed by atoms with van der Waals surface area (Å²) in [5, 5.41) is 3.44. The number of halogens is 5. The molecule has 0 spiro atoms. The summed E-state index contributed by atoms with van der Waals surface area (Å²) >= 11 is 10.8. The third-order valence-electron chi connectivity index (χ3n) is 4.13. The predicted octanol–water partition coefficient (Wildman–Crippen LogP) is 3.50. The first kappa shape index (κ1) is 18.0. The molecule has 0 N–H and O–H groups in total. The molecule has 1 unspecified atom stereocenters. The largest absolute Gasteiger partial charge is 0.381 e. The van der Waals surface area contributed by atoms with E-state index in [1.807, 2.05) is 0 Å². The molecule has 1 atom stereocenters. The third-order valence-corrected chi connectivity index (χ3v) is 4.59. The van der Waals surface area contributed by atoms with Crippen LogP contribution in [0.3, 0.4) is 0 Å². The second-order valence-corrected chi connectivity index (χ2v) is 6.63. The molecule has 1 aliphatic heterocycles. The van der Waals surface area contributed by atoms with Crippen molar-refractivity contribution in [3.63, 3.8) is 0 Å². The Morgan fingerprint density at radius 1 is 1.32 bits per heavy atom. The molecule has 0 fully saturated rings. The lowest BCUT2D eigenvalue weighted by atomic mass is 9.99. The Bertz CT molecular complexity index is 822. The monoisotopic (exact) mass is 392 g/mol. The van der Waals surface area contributed by atoms with Gasteiger partial charge in [0.25, 0.3) is 0 Å². The highest BCUT2D eigenvalue weighted by Crippen LogP contribution is 2.32. The second kappa shape index (κ2) is 6.49. The number of carbonyl (C=O) groups excluding carboxylic acids is 1. The maximum Gasteiger partial charge on any atom is 0.381 e. The number of aromatic nitrogens is 3. The normalized spacial score (nSPS) is 15.8. The van der Waals surface area contributed by atoms with Gasteiger partial charge in [-0.2, -0.15) is 8.78 Å². The molecule has 0 bridgehead atoms. The molecule has 1 aromatic carbocycles. The predicted molar refractivity (Wildman–Crippen MR) is 85.0 cm³/mol. The molecule has 0 radical (unpaired) electrons. The van der Waals surface area contributed by atoms with Crippen LogP contribution in [0.5, 0.6) is 0 Å². The van der Waals surface area contributed by atoms with Crippen molar-refractivity contribution in [2.24, 2.45) is 0 Å². The Morgan fingerprint density at radius 2 is 2.04 bits per heavy atom. The van der Waals surface area contributed by atoms with Crippen LogP contribution in [0.2, 0.25) is 5.02 Å². The maximum absolute atomic E-state index is 13.3. The molecule has 1 aromatic heterocycles. The number of fused-ring (bicyclic) bond motifs is 1. The molecule has 134 valence electrons. The van der Waals surface area contributed by atoms with Crippen molar-refractivity contribution in [2.75, 3.05) is 6.54 Å². The van der Waals surface area contributed by atoms with Crippen LogP contribution >= 0.6 is 23.2 Å². The fourth-order valence-electron chi connectivity index (χ4n) is 2.75. The Balaban J connectivity index is 1.78. The van der Waals surface area contributed by atoms with Crippen molar-refractivity contribution in [1.82, 2.24) is 19.7 Å². The molecule has 25 heavy (non-hydrogen) atoms. The van der Waals surface area contributed by atoms with Gasteiger partial charge in [-0.1, -0.05) is 17.7 Å². The summed E-state index contributed by atoms with van der Waals surface area (Å²) < 4.78 is 41.0. The van der Waals surface area contributed by atoms with Gasteiger partial charge in [-0.15, -0.1) is 10.2 Å². The molecule has 10 heteroatoms. The van der Waals surface area contributed by atoms with Crippen LogP contribution in [0.4, 0.5) is 13.2 Å². The van der Waals surface area contributed by atoms with E-state index in [1.165, 1.54) is 27.7 Å². The quantitative estimate of drug-likeness (QED) is 0.751. The summed E-state index contributed by atoms with van der Waals surface area (Å²) in [7, 11) is 0. The van der Waals surface area contributed by atoms with E-state index in [4.69, 9.17) is 23.2 Å². The highest BCUT2D eigenvalue weighted by atomic mass is 35.5. The lowest BCUT2D eigenvalue weighted by molar-refractivity contribution is -0.134. The first-order valence-electron chi connectivity index (χ1n) is 7.41. The summed E-state index contributed by atoms with van der Waals surface area (Å²) in [5.74, 6) is -1.77. The molecular weight excluding hydrogens is 380 g/mol. The molecule has 3 rings (SSSR count). The molecule has 5 nitrogen and oxygen atoms in total. The van der Waals surface area contributed by atoms with Gasteiger partial charge in [0.05, 0.1) is 17.5 Å². The number of carbonyl (C=O) groups is 1. The van der Waals surface area contributed by atoms with E-state index in [9.17, 15) is 18.0 Å². The molecular formula is C15H13Cl2F3N4O. The van der Waals surface area contributed by atoms with Crippen LogP contribution in [0, 0.1) is 5.82 Å². The van der Waals surface area contributed by atoms with Crippen LogP contribution in [-0.4, -0.2) is 32.1 Å². The molecule has 0 saturated heterocycles. The number of rotatable bonds is 3. The van der Waals surface area contributed by atoms with E-state index < -0.39 is 22.9 Å². The average molecular weight is 393 g/mol. The van der Waals surface area contributed by atoms with Gasteiger partial charge in [-0.05, 0) is 36.2 Å². The second-order valence-electron chi connectivity index (χ2n) is 5.74. The van der Waals surface area contributed by atoms with Gasteiger partial charge < -0.3 is 9.47 Å². The van der Waals surface area contributed by atoms with E-state index in [2.05, 4.69) is 10.2 Å². The Morgan fingerprint density at radius 3 is 2.68 bits per heavy atom. The summed E-state index contributed by atoms with van der Waals surface area (Å²) in [5.41, 5.74) is 0.566. The number of hydrogen-bond acceptors (Lipinski definition) is 3. The lowest BCUT2D eigenvalue weighted by Gasteiger charge is -2.30. The smallest absolute Gasteiger partial charge is 0.333 e. The fraction of sp³-hybridized carbons (Fsp3) is 0.400. The topological polar surface area (TPSA) is 51.0 Å². The van der Waals surface area contributed by atoms with E-state index in [0.29, 0.717) is 5.56 Å². The molecule has 2 aromatic rings. The van der Waals surface area contributed by atoms with Gasteiger partial charge in [0.1, 0.15) is 5.82 Å². The number of nitrogens with zero attached hydrogens (tertiary/aromatic N) is 4. The summed E-state index contributed by atoms with van der Waals surface area (Å²) in [6.45, 7) is 2.04. The number of alkyl halides is 3.